The molecule has 2 aromatic carbocycles. The molecule has 1 N–H and O–H groups in total. The van der Waals surface area contributed by atoms with Crippen molar-refractivity contribution in [3.05, 3.63) is 81.2 Å². The molecule has 0 radical (unpaired) electrons. The first kappa shape index (κ1) is 17.5. The highest BCUT2D eigenvalue weighted by Gasteiger charge is 2.12. The number of phenolic OH excluding ortho intramolecular Hbond substituents is 1. The Labute approximate surface area is 157 Å². The Morgan fingerprint density at radius 1 is 1.11 bits per heavy atom. The van der Waals surface area contributed by atoms with Crippen molar-refractivity contribution in [2.75, 3.05) is 0 Å². The van der Waals surface area contributed by atoms with E-state index in [4.69, 9.17) is 9.15 Å². The molecule has 8 heteroatoms. The number of nitrogens with zero attached hydrogens (tertiary/aromatic N) is 2. The van der Waals surface area contributed by atoms with Crippen LogP contribution in [-0.2, 0) is 22.7 Å². The molecule has 140 valence electrons. The van der Waals surface area contributed by atoms with Gasteiger partial charge in [-0.1, -0.05) is 12.1 Å². The van der Waals surface area contributed by atoms with Crippen LogP contribution in [0.5, 0.6) is 5.75 Å². The zero-order valence-electron chi connectivity index (χ0n) is 14.5. The van der Waals surface area contributed by atoms with Gasteiger partial charge in [-0.05, 0) is 24.3 Å². The average Bonchev–Trinajstić information content (AvgIpc) is 2.68. The molecule has 0 unspecified atom stereocenters. The monoisotopic (exact) mass is 378 g/mol. The van der Waals surface area contributed by atoms with Gasteiger partial charge in [-0.2, -0.15) is 0 Å². The van der Waals surface area contributed by atoms with Crippen LogP contribution in [-0.4, -0.2) is 20.6 Å². The quantitative estimate of drug-likeness (QED) is 0.427. The van der Waals surface area contributed by atoms with Crippen molar-refractivity contribution in [2.24, 2.45) is 0 Å². The third-order valence-corrected chi connectivity index (χ3v) is 4.23. The van der Waals surface area contributed by atoms with Gasteiger partial charge >= 0.3 is 11.6 Å². The van der Waals surface area contributed by atoms with Crippen LogP contribution in [0.1, 0.15) is 5.56 Å². The molecule has 2 aromatic heterocycles. The Morgan fingerprint density at radius 3 is 2.79 bits per heavy atom. The van der Waals surface area contributed by atoms with Gasteiger partial charge in [0, 0.05) is 23.1 Å². The number of aromatic nitrogens is 2. The van der Waals surface area contributed by atoms with E-state index in [0.29, 0.717) is 21.9 Å². The number of rotatable bonds is 4. The second kappa shape index (κ2) is 6.99. The Balaban J connectivity index is 1.54. The van der Waals surface area contributed by atoms with E-state index in [-0.39, 0.29) is 30.0 Å². The number of hydrogen-bond donors (Lipinski definition) is 1. The molecule has 0 saturated heterocycles. The van der Waals surface area contributed by atoms with Crippen molar-refractivity contribution >= 4 is 27.8 Å². The number of benzene rings is 2. The summed E-state index contributed by atoms with van der Waals surface area (Å²) in [6.07, 6.45) is 1.29. The van der Waals surface area contributed by atoms with E-state index in [9.17, 15) is 19.5 Å². The predicted octanol–water partition coefficient (Wildman–Crippen LogP) is 1.95. The third-order valence-electron chi connectivity index (χ3n) is 4.23. The maximum absolute atomic E-state index is 12.4. The highest BCUT2D eigenvalue weighted by molar-refractivity contribution is 5.82. The number of esters is 1. The van der Waals surface area contributed by atoms with Gasteiger partial charge < -0.3 is 14.3 Å². The number of carbonyl (C=O) groups is 1. The molecule has 4 rings (SSSR count). The van der Waals surface area contributed by atoms with Crippen LogP contribution in [0.4, 0.5) is 0 Å². The van der Waals surface area contributed by atoms with Crippen molar-refractivity contribution in [2.45, 2.75) is 13.2 Å². The van der Waals surface area contributed by atoms with Gasteiger partial charge in [-0.15, -0.1) is 0 Å². The van der Waals surface area contributed by atoms with Crippen LogP contribution in [0.3, 0.4) is 0 Å². The molecule has 4 aromatic rings. The zero-order valence-corrected chi connectivity index (χ0v) is 14.5. The van der Waals surface area contributed by atoms with E-state index in [1.54, 1.807) is 30.3 Å². The first-order chi connectivity index (χ1) is 13.5. The Morgan fingerprint density at radius 2 is 1.93 bits per heavy atom. The van der Waals surface area contributed by atoms with Gasteiger partial charge in [-0.3, -0.25) is 14.2 Å². The number of phenols is 1. The van der Waals surface area contributed by atoms with Crippen LogP contribution in [0.25, 0.3) is 21.9 Å². The van der Waals surface area contributed by atoms with Crippen LogP contribution in [0.15, 0.2) is 68.9 Å². The normalized spacial score (nSPS) is 11.0. The topological polar surface area (TPSA) is 112 Å². The van der Waals surface area contributed by atoms with Gasteiger partial charge in [0.2, 0.25) is 0 Å². The van der Waals surface area contributed by atoms with Crippen LogP contribution in [0, 0.1) is 0 Å². The molecule has 0 spiro atoms. The minimum Gasteiger partial charge on any atom is -0.508 e. The van der Waals surface area contributed by atoms with Gasteiger partial charge in [0.05, 0.1) is 17.2 Å². The van der Waals surface area contributed by atoms with Crippen molar-refractivity contribution in [3.8, 4) is 5.75 Å². The van der Waals surface area contributed by atoms with Gasteiger partial charge in [0.25, 0.3) is 5.56 Å². The lowest BCUT2D eigenvalue weighted by Gasteiger charge is -2.09. The summed E-state index contributed by atoms with van der Waals surface area (Å²) in [6.45, 7) is -0.488. The standard InChI is InChI=1S/C20H14N2O6/c23-13-5-6-14-12(7-18(24)28-17(14)8-13)10-27-19(25)9-22-11-21-16-4-2-1-3-15(16)20(22)26/h1-8,11,23H,9-10H2. The number of ether oxygens (including phenoxy) is 1. The molecular weight excluding hydrogens is 364 g/mol. The second-order valence-corrected chi connectivity index (χ2v) is 6.13. The first-order valence-electron chi connectivity index (χ1n) is 8.37. The fraction of sp³-hybridized carbons (Fsp3) is 0.100. The molecule has 2 heterocycles. The third kappa shape index (κ3) is 3.35. The highest BCUT2D eigenvalue weighted by Crippen LogP contribution is 2.22. The summed E-state index contributed by atoms with van der Waals surface area (Å²) < 4.78 is 11.4. The smallest absolute Gasteiger partial charge is 0.336 e. The Kier molecular flexibility index (Phi) is 4.36. The fourth-order valence-electron chi connectivity index (χ4n) is 2.90. The molecule has 28 heavy (non-hydrogen) atoms. The summed E-state index contributed by atoms with van der Waals surface area (Å²) in [5, 5.41) is 10.5. The number of hydrogen-bond acceptors (Lipinski definition) is 7. The van der Waals surface area contributed by atoms with E-state index >= 15 is 0 Å². The summed E-state index contributed by atoms with van der Waals surface area (Å²) in [5.74, 6) is -0.702. The molecule has 0 aliphatic carbocycles. The lowest BCUT2D eigenvalue weighted by Crippen LogP contribution is -2.25. The minimum atomic E-state index is -0.653. The molecule has 8 nitrogen and oxygen atoms in total. The molecule has 0 aliphatic rings. The van der Waals surface area contributed by atoms with E-state index in [0.717, 1.165) is 0 Å². The van der Waals surface area contributed by atoms with E-state index in [1.807, 2.05) is 0 Å². The fourth-order valence-corrected chi connectivity index (χ4v) is 2.90. The minimum absolute atomic E-state index is 0.0482. The Hall–Kier alpha value is -3.94. The number of carbonyl (C=O) groups excluding carboxylic acids is 1. The lowest BCUT2D eigenvalue weighted by atomic mass is 10.1. The molecule has 0 amide bonds. The average molecular weight is 378 g/mol. The first-order valence-corrected chi connectivity index (χ1v) is 8.37. The predicted molar refractivity (Wildman–Crippen MR) is 99.9 cm³/mol. The number of para-hydroxylation sites is 1. The van der Waals surface area contributed by atoms with Gasteiger partial charge in [-0.25, -0.2) is 9.78 Å². The van der Waals surface area contributed by atoms with E-state index in [2.05, 4.69) is 4.98 Å². The second-order valence-electron chi connectivity index (χ2n) is 6.13. The van der Waals surface area contributed by atoms with Crippen LogP contribution >= 0.6 is 0 Å². The zero-order chi connectivity index (χ0) is 19.7. The molecule has 0 saturated carbocycles. The Bertz CT molecular complexity index is 1320. The maximum atomic E-state index is 12.4. The number of fused-ring (bicyclic) bond motifs is 2. The van der Waals surface area contributed by atoms with Crippen molar-refractivity contribution in [1.82, 2.24) is 9.55 Å². The van der Waals surface area contributed by atoms with Gasteiger partial charge in [0.15, 0.2) is 0 Å². The van der Waals surface area contributed by atoms with Crippen molar-refractivity contribution in [1.29, 1.82) is 0 Å². The molecule has 0 atom stereocenters. The van der Waals surface area contributed by atoms with E-state index in [1.165, 1.54) is 29.1 Å². The van der Waals surface area contributed by atoms with Crippen molar-refractivity contribution in [3.63, 3.8) is 0 Å². The largest absolute Gasteiger partial charge is 0.508 e. The highest BCUT2D eigenvalue weighted by atomic mass is 16.5. The molecule has 0 fully saturated rings. The van der Waals surface area contributed by atoms with Gasteiger partial charge in [0.1, 0.15) is 24.5 Å². The van der Waals surface area contributed by atoms with Crippen LogP contribution in [0.2, 0.25) is 0 Å². The lowest BCUT2D eigenvalue weighted by molar-refractivity contribution is -0.145. The SMILES string of the molecule is O=C(Cn1cnc2ccccc2c1=O)OCc1cc(=O)oc2cc(O)ccc12. The maximum Gasteiger partial charge on any atom is 0.336 e. The number of aromatic hydroxyl groups is 1. The van der Waals surface area contributed by atoms with Crippen LogP contribution < -0.4 is 11.2 Å². The summed E-state index contributed by atoms with van der Waals surface area (Å²) >= 11 is 0. The summed E-state index contributed by atoms with van der Waals surface area (Å²) in [5.41, 5.74) is 0.197. The summed E-state index contributed by atoms with van der Waals surface area (Å²) in [7, 11) is 0. The van der Waals surface area contributed by atoms with Crippen molar-refractivity contribution < 1.29 is 19.1 Å². The van der Waals surface area contributed by atoms with E-state index < -0.39 is 11.6 Å². The molecule has 0 aliphatic heterocycles. The molecule has 0 bridgehead atoms. The molecular formula is C20H14N2O6. The summed E-state index contributed by atoms with van der Waals surface area (Å²) in [4.78, 5) is 40.5. The summed E-state index contributed by atoms with van der Waals surface area (Å²) in [6, 6.07) is 12.4.